The van der Waals surface area contributed by atoms with E-state index < -0.39 is 10.0 Å². The minimum absolute atomic E-state index is 0.151. The smallest absolute Gasteiger partial charge is 0.255 e. The Balaban J connectivity index is 1.66. The molecule has 29 heavy (non-hydrogen) atoms. The molecule has 3 rings (SSSR count). The number of nitrogens with zero attached hydrogens (tertiary/aromatic N) is 1. The molecule has 0 bridgehead atoms. The van der Waals surface area contributed by atoms with Crippen molar-refractivity contribution in [3.8, 4) is 5.75 Å². The van der Waals surface area contributed by atoms with Crippen molar-refractivity contribution >= 4 is 27.7 Å². The number of benzene rings is 1. The maximum absolute atomic E-state index is 13.0. The van der Waals surface area contributed by atoms with Gasteiger partial charge in [-0.3, -0.25) is 4.79 Å². The lowest BCUT2D eigenvalue weighted by Gasteiger charge is -2.29. The second-order valence-electron chi connectivity index (χ2n) is 7.98. The standard InChI is InChI=1S/C21H32N2O4S2/c1-16-9-12-23(13-10-16)29(25,26)18-7-8-20(27-2)19(15-18)21(24)22-11-14-28-17-5-3-4-6-17/h7-8,15-17H,3-6,9-14H2,1-2H3,(H,22,24). The number of piperidine rings is 1. The van der Waals surface area contributed by atoms with Crippen LogP contribution in [0.5, 0.6) is 5.75 Å². The molecule has 0 aromatic heterocycles. The first-order valence-electron chi connectivity index (χ1n) is 10.5. The number of rotatable bonds is 8. The highest BCUT2D eigenvalue weighted by Gasteiger charge is 2.29. The quantitative estimate of drug-likeness (QED) is 0.626. The summed E-state index contributed by atoms with van der Waals surface area (Å²) >= 11 is 1.91. The van der Waals surface area contributed by atoms with E-state index in [1.807, 2.05) is 11.8 Å². The van der Waals surface area contributed by atoms with E-state index in [1.165, 1.54) is 49.2 Å². The third-order valence-electron chi connectivity index (χ3n) is 5.84. The van der Waals surface area contributed by atoms with Crippen molar-refractivity contribution < 1.29 is 17.9 Å². The Morgan fingerprint density at radius 1 is 1.21 bits per heavy atom. The van der Waals surface area contributed by atoms with Gasteiger partial charge in [-0.15, -0.1) is 0 Å². The first-order valence-corrected chi connectivity index (χ1v) is 13.0. The zero-order valence-electron chi connectivity index (χ0n) is 17.4. The minimum atomic E-state index is -3.61. The van der Waals surface area contributed by atoms with E-state index >= 15 is 0 Å². The molecule has 1 amide bonds. The van der Waals surface area contributed by atoms with Gasteiger partial charge in [0.25, 0.3) is 5.91 Å². The van der Waals surface area contributed by atoms with Crippen LogP contribution in [0.15, 0.2) is 23.1 Å². The number of methoxy groups -OCH3 is 1. The number of carbonyl (C=O) groups excluding carboxylic acids is 1. The monoisotopic (exact) mass is 440 g/mol. The van der Waals surface area contributed by atoms with E-state index in [1.54, 1.807) is 6.07 Å². The Labute approximate surface area is 178 Å². The fraction of sp³-hybridized carbons (Fsp3) is 0.667. The van der Waals surface area contributed by atoms with E-state index in [-0.39, 0.29) is 16.4 Å². The second-order valence-corrected chi connectivity index (χ2v) is 11.3. The summed E-state index contributed by atoms with van der Waals surface area (Å²) in [7, 11) is -2.12. The van der Waals surface area contributed by atoms with Crippen LogP contribution in [0, 0.1) is 5.92 Å². The predicted molar refractivity (Wildman–Crippen MR) is 117 cm³/mol. The lowest BCUT2D eigenvalue weighted by atomic mass is 10.0. The van der Waals surface area contributed by atoms with Gasteiger partial charge in [-0.05, 0) is 49.8 Å². The Kier molecular flexibility index (Phi) is 7.87. The fourth-order valence-corrected chi connectivity index (χ4v) is 6.66. The van der Waals surface area contributed by atoms with Crippen LogP contribution in [0.4, 0.5) is 0 Å². The summed E-state index contributed by atoms with van der Waals surface area (Å²) in [5.41, 5.74) is 0.268. The van der Waals surface area contributed by atoms with Gasteiger partial charge in [-0.1, -0.05) is 19.8 Å². The lowest BCUT2D eigenvalue weighted by molar-refractivity contribution is 0.0953. The number of nitrogens with one attached hydrogen (secondary N) is 1. The molecule has 2 aliphatic rings. The zero-order chi connectivity index (χ0) is 20.9. The molecular formula is C21H32N2O4S2. The van der Waals surface area contributed by atoms with Crippen LogP contribution < -0.4 is 10.1 Å². The molecule has 1 N–H and O–H groups in total. The fourth-order valence-electron chi connectivity index (χ4n) is 3.94. The van der Waals surface area contributed by atoms with Crippen molar-refractivity contribution in [3.63, 3.8) is 0 Å². The van der Waals surface area contributed by atoms with Gasteiger partial charge in [0.2, 0.25) is 10.0 Å². The van der Waals surface area contributed by atoms with Crippen LogP contribution in [0.3, 0.4) is 0 Å². The molecule has 0 radical (unpaired) electrons. The highest BCUT2D eigenvalue weighted by atomic mass is 32.2. The third kappa shape index (κ3) is 5.67. The summed E-state index contributed by atoms with van der Waals surface area (Å²) in [5.74, 6) is 1.50. The molecule has 8 heteroatoms. The first-order chi connectivity index (χ1) is 13.9. The summed E-state index contributed by atoms with van der Waals surface area (Å²) < 4.78 is 32.9. The maximum Gasteiger partial charge on any atom is 0.255 e. The van der Waals surface area contributed by atoms with Crippen molar-refractivity contribution in [2.75, 3.05) is 32.5 Å². The summed E-state index contributed by atoms with van der Waals surface area (Å²) in [6, 6.07) is 4.55. The lowest BCUT2D eigenvalue weighted by Crippen LogP contribution is -2.38. The molecule has 1 aromatic carbocycles. The first kappa shape index (κ1) is 22.4. The highest BCUT2D eigenvalue weighted by molar-refractivity contribution is 7.99. The van der Waals surface area contributed by atoms with Gasteiger partial charge in [0.1, 0.15) is 5.75 Å². The summed E-state index contributed by atoms with van der Waals surface area (Å²) in [4.78, 5) is 12.9. The van der Waals surface area contributed by atoms with Gasteiger partial charge in [0.05, 0.1) is 17.6 Å². The number of hydrogen-bond donors (Lipinski definition) is 1. The highest BCUT2D eigenvalue weighted by Crippen LogP contribution is 2.29. The molecule has 1 heterocycles. The Bertz CT molecular complexity index is 799. The number of amides is 1. The average Bonchev–Trinajstić information content (AvgIpc) is 3.24. The normalized spacial score (nSPS) is 19.4. The van der Waals surface area contributed by atoms with Crippen molar-refractivity contribution in [3.05, 3.63) is 23.8 Å². The van der Waals surface area contributed by atoms with Crippen LogP contribution in [0.1, 0.15) is 55.8 Å². The number of ether oxygens (including phenoxy) is 1. The van der Waals surface area contributed by atoms with Crippen LogP contribution in [0.2, 0.25) is 0 Å². The summed E-state index contributed by atoms with van der Waals surface area (Å²) in [5, 5.41) is 3.62. The van der Waals surface area contributed by atoms with Crippen molar-refractivity contribution in [1.82, 2.24) is 9.62 Å². The molecule has 1 aliphatic heterocycles. The van der Waals surface area contributed by atoms with Crippen LogP contribution in [0.25, 0.3) is 0 Å². The zero-order valence-corrected chi connectivity index (χ0v) is 19.0. The van der Waals surface area contributed by atoms with Crippen molar-refractivity contribution in [1.29, 1.82) is 0 Å². The Hall–Kier alpha value is -1.25. The van der Waals surface area contributed by atoms with E-state index in [4.69, 9.17) is 4.74 Å². The van der Waals surface area contributed by atoms with E-state index in [9.17, 15) is 13.2 Å². The maximum atomic E-state index is 13.0. The van der Waals surface area contributed by atoms with Gasteiger partial charge in [-0.25, -0.2) is 8.42 Å². The number of carbonyl (C=O) groups is 1. The minimum Gasteiger partial charge on any atom is -0.496 e. The van der Waals surface area contributed by atoms with E-state index in [0.29, 0.717) is 36.6 Å². The van der Waals surface area contributed by atoms with Gasteiger partial charge in [0.15, 0.2) is 0 Å². The van der Waals surface area contributed by atoms with Crippen molar-refractivity contribution in [2.45, 2.75) is 55.6 Å². The van der Waals surface area contributed by atoms with E-state index in [2.05, 4.69) is 12.2 Å². The molecule has 2 fully saturated rings. The SMILES string of the molecule is COc1ccc(S(=O)(=O)N2CCC(C)CC2)cc1C(=O)NCCSC1CCCC1. The molecule has 1 aromatic rings. The molecule has 6 nitrogen and oxygen atoms in total. The molecule has 0 atom stereocenters. The molecule has 1 aliphatic carbocycles. The van der Waals surface area contributed by atoms with E-state index in [0.717, 1.165) is 18.6 Å². The topological polar surface area (TPSA) is 75.7 Å². The number of sulfonamides is 1. The predicted octanol–water partition coefficient (Wildman–Crippen LogP) is 3.52. The van der Waals surface area contributed by atoms with Crippen LogP contribution in [-0.4, -0.2) is 56.4 Å². The Morgan fingerprint density at radius 2 is 1.90 bits per heavy atom. The van der Waals surface area contributed by atoms with Crippen molar-refractivity contribution in [2.24, 2.45) is 5.92 Å². The summed E-state index contributed by atoms with van der Waals surface area (Å²) in [6.45, 7) is 3.75. The molecule has 162 valence electrons. The molecule has 1 saturated heterocycles. The second kappa shape index (κ2) is 10.2. The van der Waals surface area contributed by atoms with Gasteiger partial charge in [-0.2, -0.15) is 16.1 Å². The number of hydrogen-bond acceptors (Lipinski definition) is 5. The van der Waals surface area contributed by atoms with Gasteiger partial charge in [0, 0.05) is 30.6 Å². The largest absolute Gasteiger partial charge is 0.496 e. The van der Waals surface area contributed by atoms with Gasteiger partial charge >= 0.3 is 0 Å². The van der Waals surface area contributed by atoms with Crippen LogP contribution in [-0.2, 0) is 10.0 Å². The molecule has 0 unspecified atom stereocenters. The van der Waals surface area contributed by atoms with Gasteiger partial charge < -0.3 is 10.1 Å². The molecule has 0 spiro atoms. The third-order valence-corrected chi connectivity index (χ3v) is 9.12. The number of thioether (sulfide) groups is 1. The summed E-state index contributed by atoms with van der Waals surface area (Å²) in [6.07, 6.45) is 6.86. The molecular weight excluding hydrogens is 408 g/mol. The average molecular weight is 441 g/mol. The Morgan fingerprint density at radius 3 is 2.55 bits per heavy atom. The van der Waals surface area contributed by atoms with Crippen LogP contribution >= 0.6 is 11.8 Å². The molecule has 1 saturated carbocycles.